The van der Waals surface area contributed by atoms with E-state index in [1.54, 1.807) is 6.07 Å². The fraction of sp³-hybridized carbons (Fsp3) is 0.385. The third-order valence-electron chi connectivity index (χ3n) is 2.49. The molecule has 2 aromatic rings. The van der Waals surface area contributed by atoms with E-state index in [2.05, 4.69) is 20.3 Å². The first kappa shape index (κ1) is 16.1. The van der Waals surface area contributed by atoms with Crippen LogP contribution in [-0.4, -0.2) is 35.6 Å². The monoisotopic (exact) mass is 316 g/mol. The van der Waals surface area contributed by atoms with E-state index in [9.17, 15) is 13.2 Å². The summed E-state index contributed by atoms with van der Waals surface area (Å²) in [5, 5.41) is 10.5. The molecule has 0 aliphatic rings. The van der Waals surface area contributed by atoms with Gasteiger partial charge in [0, 0.05) is 6.54 Å². The summed E-state index contributed by atoms with van der Waals surface area (Å²) in [6.07, 6.45) is -4.71. The van der Waals surface area contributed by atoms with Crippen LogP contribution in [0.25, 0.3) is 0 Å². The van der Waals surface area contributed by atoms with Crippen molar-refractivity contribution < 1.29 is 22.3 Å². The van der Waals surface area contributed by atoms with E-state index in [0.29, 0.717) is 18.0 Å². The van der Waals surface area contributed by atoms with Gasteiger partial charge in [-0.3, -0.25) is 0 Å². The van der Waals surface area contributed by atoms with E-state index in [1.807, 2.05) is 19.0 Å². The number of aromatic nitrogens is 2. The van der Waals surface area contributed by atoms with Crippen molar-refractivity contribution in [2.75, 3.05) is 19.4 Å². The van der Waals surface area contributed by atoms with Crippen LogP contribution in [0.3, 0.4) is 0 Å². The number of hydrogen-bond acceptors (Lipinski definition) is 6. The number of alkyl halides is 3. The van der Waals surface area contributed by atoms with Crippen molar-refractivity contribution in [3.05, 3.63) is 35.7 Å². The van der Waals surface area contributed by atoms with Crippen molar-refractivity contribution in [3.8, 4) is 5.75 Å². The highest BCUT2D eigenvalue weighted by atomic mass is 19.4. The van der Waals surface area contributed by atoms with Crippen molar-refractivity contribution in [1.82, 2.24) is 15.1 Å². The van der Waals surface area contributed by atoms with E-state index in [-0.39, 0.29) is 18.3 Å². The maximum absolute atomic E-state index is 12.2. The topological polar surface area (TPSA) is 63.4 Å². The average molecular weight is 316 g/mol. The molecule has 0 atom stereocenters. The van der Waals surface area contributed by atoms with Crippen LogP contribution in [0.1, 0.15) is 11.5 Å². The molecule has 1 aromatic heterocycles. The van der Waals surface area contributed by atoms with E-state index in [1.165, 1.54) is 18.2 Å². The molecule has 0 fully saturated rings. The van der Waals surface area contributed by atoms with Crippen molar-refractivity contribution in [2.45, 2.75) is 19.5 Å². The Kier molecular flexibility index (Phi) is 4.86. The van der Waals surface area contributed by atoms with E-state index >= 15 is 0 Å². The lowest BCUT2D eigenvalue weighted by Gasteiger charge is -2.10. The standard InChI is InChI=1S/C13H15F3N4O2/c1-20(2)8-11-18-19-12(21-11)17-7-9-4-3-5-10(6-9)22-13(14,15)16/h3-6H,7-8H2,1-2H3,(H,17,19). The second-order valence-electron chi connectivity index (χ2n) is 4.79. The maximum Gasteiger partial charge on any atom is 0.573 e. The molecule has 1 heterocycles. The quantitative estimate of drug-likeness (QED) is 0.884. The molecule has 0 saturated heterocycles. The molecule has 1 aromatic carbocycles. The molecular weight excluding hydrogens is 301 g/mol. The van der Waals surface area contributed by atoms with Gasteiger partial charge in [0.15, 0.2) is 0 Å². The Morgan fingerprint density at radius 3 is 2.73 bits per heavy atom. The molecular formula is C13H15F3N4O2. The molecule has 0 aliphatic heterocycles. The van der Waals surface area contributed by atoms with Crippen molar-refractivity contribution in [1.29, 1.82) is 0 Å². The lowest BCUT2D eigenvalue weighted by molar-refractivity contribution is -0.274. The highest BCUT2D eigenvalue weighted by Crippen LogP contribution is 2.23. The molecule has 9 heteroatoms. The third kappa shape index (κ3) is 5.24. The van der Waals surface area contributed by atoms with Crippen molar-refractivity contribution >= 4 is 6.01 Å². The zero-order chi connectivity index (χ0) is 16.2. The summed E-state index contributed by atoms with van der Waals surface area (Å²) in [6.45, 7) is 0.738. The SMILES string of the molecule is CN(C)Cc1nnc(NCc2cccc(OC(F)(F)F)c2)o1. The Balaban J connectivity index is 1.94. The molecule has 0 amide bonds. The van der Waals surface area contributed by atoms with Crippen LogP contribution in [0.2, 0.25) is 0 Å². The van der Waals surface area contributed by atoms with Gasteiger partial charge in [-0.15, -0.1) is 18.3 Å². The van der Waals surface area contributed by atoms with Gasteiger partial charge in [0.25, 0.3) is 0 Å². The minimum Gasteiger partial charge on any atom is -0.407 e. The highest BCUT2D eigenvalue weighted by Gasteiger charge is 2.31. The Bertz CT molecular complexity index is 613. The fourth-order valence-corrected chi connectivity index (χ4v) is 1.69. The average Bonchev–Trinajstić information content (AvgIpc) is 2.81. The van der Waals surface area contributed by atoms with Crippen LogP contribution in [0, 0.1) is 0 Å². The van der Waals surface area contributed by atoms with Gasteiger partial charge in [-0.2, -0.15) is 0 Å². The van der Waals surface area contributed by atoms with E-state index < -0.39 is 6.36 Å². The summed E-state index contributed by atoms with van der Waals surface area (Å²) < 4.78 is 45.7. The molecule has 120 valence electrons. The summed E-state index contributed by atoms with van der Waals surface area (Å²) in [4.78, 5) is 1.87. The van der Waals surface area contributed by atoms with Crippen LogP contribution in [-0.2, 0) is 13.1 Å². The van der Waals surface area contributed by atoms with Crippen LogP contribution in [0.4, 0.5) is 19.2 Å². The molecule has 0 unspecified atom stereocenters. The summed E-state index contributed by atoms with van der Waals surface area (Å²) in [5.74, 6) is 0.173. The van der Waals surface area contributed by atoms with Crippen molar-refractivity contribution in [3.63, 3.8) is 0 Å². The normalized spacial score (nSPS) is 11.7. The Labute approximate surface area is 124 Å². The van der Waals surface area contributed by atoms with Crippen LogP contribution in [0.15, 0.2) is 28.7 Å². The molecule has 0 aliphatic carbocycles. The number of benzene rings is 1. The second kappa shape index (κ2) is 6.65. The van der Waals surface area contributed by atoms with E-state index in [0.717, 1.165) is 0 Å². The largest absolute Gasteiger partial charge is 0.573 e. The highest BCUT2D eigenvalue weighted by molar-refractivity contribution is 5.31. The number of nitrogens with one attached hydrogen (secondary N) is 1. The summed E-state index contributed by atoms with van der Waals surface area (Å²) >= 11 is 0. The first-order valence-corrected chi connectivity index (χ1v) is 6.37. The van der Waals surface area contributed by atoms with Gasteiger partial charge < -0.3 is 19.4 Å². The van der Waals surface area contributed by atoms with Gasteiger partial charge in [-0.05, 0) is 31.8 Å². The molecule has 1 N–H and O–H groups in total. The molecule has 0 bridgehead atoms. The molecule has 6 nitrogen and oxygen atoms in total. The Hall–Kier alpha value is -2.29. The second-order valence-corrected chi connectivity index (χ2v) is 4.79. The van der Waals surface area contributed by atoms with Gasteiger partial charge in [0.2, 0.25) is 5.89 Å². The number of anilines is 1. The zero-order valence-corrected chi connectivity index (χ0v) is 12.0. The lowest BCUT2D eigenvalue weighted by atomic mass is 10.2. The van der Waals surface area contributed by atoms with Crippen LogP contribution >= 0.6 is 0 Å². The van der Waals surface area contributed by atoms with Gasteiger partial charge in [-0.25, -0.2) is 0 Å². The first-order valence-electron chi connectivity index (χ1n) is 6.37. The minimum absolute atomic E-state index is 0.207. The molecule has 0 radical (unpaired) electrons. The van der Waals surface area contributed by atoms with E-state index in [4.69, 9.17) is 4.42 Å². The van der Waals surface area contributed by atoms with Gasteiger partial charge in [0.1, 0.15) is 5.75 Å². The smallest absolute Gasteiger partial charge is 0.407 e. The molecule has 0 saturated carbocycles. The van der Waals surface area contributed by atoms with Gasteiger partial charge >= 0.3 is 12.4 Å². The number of halogens is 3. The van der Waals surface area contributed by atoms with Gasteiger partial charge in [-0.1, -0.05) is 17.2 Å². The lowest BCUT2D eigenvalue weighted by Crippen LogP contribution is -2.17. The Morgan fingerprint density at radius 2 is 2.05 bits per heavy atom. The maximum atomic E-state index is 12.2. The van der Waals surface area contributed by atoms with Crippen LogP contribution in [0.5, 0.6) is 5.75 Å². The minimum atomic E-state index is -4.71. The number of nitrogens with zero attached hydrogens (tertiary/aromatic N) is 3. The number of rotatable bonds is 6. The predicted molar refractivity (Wildman–Crippen MR) is 72.1 cm³/mol. The zero-order valence-electron chi connectivity index (χ0n) is 12.0. The molecule has 2 rings (SSSR count). The fourth-order valence-electron chi connectivity index (χ4n) is 1.69. The summed E-state index contributed by atoms with van der Waals surface area (Å²) in [5.41, 5.74) is 0.592. The first-order chi connectivity index (χ1) is 10.3. The Morgan fingerprint density at radius 1 is 1.27 bits per heavy atom. The summed E-state index contributed by atoms with van der Waals surface area (Å²) in [7, 11) is 3.73. The number of ether oxygens (including phenoxy) is 1. The molecule has 0 spiro atoms. The summed E-state index contributed by atoms with van der Waals surface area (Å²) in [6, 6.07) is 5.87. The van der Waals surface area contributed by atoms with Crippen molar-refractivity contribution in [2.24, 2.45) is 0 Å². The predicted octanol–water partition coefficient (Wildman–Crippen LogP) is 2.64. The third-order valence-corrected chi connectivity index (χ3v) is 2.49. The number of hydrogen-bond donors (Lipinski definition) is 1. The van der Waals surface area contributed by atoms with Crippen LogP contribution < -0.4 is 10.1 Å². The molecule has 22 heavy (non-hydrogen) atoms. The van der Waals surface area contributed by atoms with Gasteiger partial charge in [0.05, 0.1) is 6.54 Å².